The van der Waals surface area contributed by atoms with Gasteiger partial charge in [-0.15, -0.1) is 0 Å². The van der Waals surface area contributed by atoms with Crippen LogP contribution in [0, 0.1) is 0 Å². The average molecular weight is 393 g/mol. The van der Waals surface area contributed by atoms with Gasteiger partial charge < -0.3 is 20.7 Å². The molecule has 3 heterocycles. The highest BCUT2D eigenvalue weighted by Crippen LogP contribution is 2.40. The molecule has 4 rings (SSSR count). The van der Waals surface area contributed by atoms with Gasteiger partial charge in [0.1, 0.15) is 17.2 Å². The number of amides is 1. The molecule has 0 fully saturated rings. The quantitative estimate of drug-likeness (QED) is 0.591. The number of methoxy groups -OCH3 is 1. The number of carbonyl (C=O) groups excluding carboxylic acids is 2. The lowest BCUT2D eigenvalue weighted by molar-refractivity contribution is -0.114. The molecular weight excluding hydrogens is 370 g/mol. The van der Waals surface area contributed by atoms with Crippen molar-refractivity contribution in [3.8, 4) is 11.3 Å². The molecular formula is C21H23N5O3. The first-order valence-electron chi connectivity index (χ1n) is 9.32. The number of fused-ring (bicyclic) bond motifs is 2. The Morgan fingerprint density at radius 3 is 2.76 bits per heavy atom. The molecule has 8 heteroatoms. The lowest BCUT2D eigenvalue weighted by Gasteiger charge is -2.24. The molecule has 8 nitrogen and oxygen atoms in total. The Balaban J connectivity index is 1.95. The van der Waals surface area contributed by atoms with Crippen molar-refractivity contribution in [3.63, 3.8) is 0 Å². The minimum absolute atomic E-state index is 0.0830. The van der Waals surface area contributed by atoms with Gasteiger partial charge in [-0.1, -0.05) is 12.1 Å². The van der Waals surface area contributed by atoms with Gasteiger partial charge in [0.25, 0.3) is 0 Å². The smallest absolute Gasteiger partial charge is 0.339 e. The zero-order chi connectivity index (χ0) is 20.8. The maximum absolute atomic E-state index is 12.0. The van der Waals surface area contributed by atoms with Gasteiger partial charge in [-0.2, -0.15) is 0 Å². The molecule has 1 aromatic carbocycles. The summed E-state index contributed by atoms with van der Waals surface area (Å²) in [4.78, 5) is 28.6. The fourth-order valence-electron chi connectivity index (χ4n) is 3.35. The van der Waals surface area contributed by atoms with E-state index in [-0.39, 0.29) is 18.0 Å². The number of carbonyl (C=O) groups is 2. The predicted octanol–water partition coefficient (Wildman–Crippen LogP) is 3.36. The molecule has 0 bridgehead atoms. The van der Waals surface area contributed by atoms with Gasteiger partial charge in [0.2, 0.25) is 5.91 Å². The van der Waals surface area contributed by atoms with Crippen LogP contribution in [0.15, 0.2) is 36.5 Å². The Kier molecular flexibility index (Phi) is 4.41. The Labute approximate surface area is 168 Å². The van der Waals surface area contributed by atoms with E-state index in [1.165, 1.54) is 7.11 Å². The summed E-state index contributed by atoms with van der Waals surface area (Å²) in [6, 6.07) is 9.17. The first kappa shape index (κ1) is 18.8. The van der Waals surface area contributed by atoms with Crippen molar-refractivity contribution in [1.29, 1.82) is 0 Å². The third-order valence-corrected chi connectivity index (χ3v) is 4.55. The minimum Gasteiger partial charge on any atom is -0.465 e. The average Bonchev–Trinajstić information content (AvgIpc) is 3.02. The molecule has 3 aromatic rings. The molecule has 2 aromatic heterocycles. The van der Waals surface area contributed by atoms with E-state index in [0.717, 1.165) is 22.8 Å². The Morgan fingerprint density at radius 2 is 2.03 bits per heavy atom. The Bertz CT molecular complexity index is 1130. The predicted molar refractivity (Wildman–Crippen MR) is 112 cm³/mol. The number of benzene rings is 1. The third-order valence-electron chi connectivity index (χ3n) is 4.55. The second-order valence-corrected chi connectivity index (χ2v) is 7.95. The van der Waals surface area contributed by atoms with Crippen LogP contribution in [0.1, 0.15) is 31.1 Å². The van der Waals surface area contributed by atoms with Crippen LogP contribution in [0.2, 0.25) is 0 Å². The molecule has 0 saturated carbocycles. The number of aromatic nitrogens is 2. The Morgan fingerprint density at radius 1 is 1.24 bits per heavy atom. The minimum atomic E-state index is -0.412. The van der Waals surface area contributed by atoms with E-state index in [1.54, 1.807) is 18.3 Å². The van der Waals surface area contributed by atoms with Gasteiger partial charge >= 0.3 is 5.97 Å². The monoisotopic (exact) mass is 393 g/mol. The largest absolute Gasteiger partial charge is 0.465 e. The van der Waals surface area contributed by atoms with Gasteiger partial charge in [-0.05, 0) is 39.0 Å². The summed E-state index contributed by atoms with van der Waals surface area (Å²) in [6.07, 6.45) is 1.72. The van der Waals surface area contributed by atoms with Crippen molar-refractivity contribution in [1.82, 2.24) is 9.38 Å². The van der Waals surface area contributed by atoms with Crippen LogP contribution in [0.4, 0.5) is 17.2 Å². The summed E-state index contributed by atoms with van der Waals surface area (Å²) in [5.74, 6) is 0.260. The van der Waals surface area contributed by atoms with Crippen molar-refractivity contribution in [3.05, 3.63) is 42.1 Å². The van der Waals surface area contributed by atoms with Gasteiger partial charge in [0, 0.05) is 17.3 Å². The number of imidazole rings is 1. The van der Waals surface area contributed by atoms with E-state index in [4.69, 9.17) is 9.72 Å². The number of ether oxygens (including phenoxy) is 1. The zero-order valence-electron chi connectivity index (χ0n) is 16.8. The number of pyridine rings is 1. The summed E-state index contributed by atoms with van der Waals surface area (Å²) in [5.41, 5.74) is 3.99. The van der Waals surface area contributed by atoms with Gasteiger partial charge in [0.15, 0.2) is 0 Å². The maximum atomic E-state index is 12.0. The van der Waals surface area contributed by atoms with Crippen molar-refractivity contribution >= 4 is 34.7 Å². The van der Waals surface area contributed by atoms with Crippen LogP contribution in [0.3, 0.4) is 0 Å². The van der Waals surface area contributed by atoms with Crippen LogP contribution in [0.5, 0.6) is 0 Å². The highest BCUT2D eigenvalue weighted by molar-refractivity contribution is 6.04. The fourth-order valence-corrected chi connectivity index (χ4v) is 3.35. The van der Waals surface area contributed by atoms with Crippen molar-refractivity contribution < 1.29 is 14.3 Å². The second kappa shape index (κ2) is 6.80. The summed E-state index contributed by atoms with van der Waals surface area (Å²) in [7, 11) is 1.36. The number of nitrogens with zero attached hydrogens (tertiary/aromatic N) is 2. The number of hydrogen-bond acceptors (Lipinski definition) is 6. The summed E-state index contributed by atoms with van der Waals surface area (Å²) in [6.45, 7) is 6.36. The number of anilines is 3. The van der Waals surface area contributed by atoms with Crippen molar-refractivity contribution in [2.75, 3.05) is 29.6 Å². The standard InChI is InChI=1S/C21H23N5O3/c1-21(2,3)25-19-18(13-6-5-7-14-17(13)22-10-16(27)23-14)24-15-9-8-12(11-26(15)19)20(28)29-4/h5-9,11,22,25H,10H2,1-4H3,(H,23,27). The van der Waals surface area contributed by atoms with Gasteiger partial charge in [-0.3, -0.25) is 9.20 Å². The fraction of sp³-hybridized carbons (Fsp3) is 0.286. The van der Waals surface area contributed by atoms with E-state index >= 15 is 0 Å². The molecule has 0 saturated heterocycles. The second-order valence-electron chi connectivity index (χ2n) is 7.95. The third kappa shape index (κ3) is 3.49. The molecule has 29 heavy (non-hydrogen) atoms. The van der Waals surface area contributed by atoms with E-state index in [9.17, 15) is 9.59 Å². The number of hydrogen-bond donors (Lipinski definition) is 3. The van der Waals surface area contributed by atoms with Crippen LogP contribution in [-0.2, 0) is 9.53 Å². The first-order valence-corrected chi connectivity index (χ1v) is 9.32. The van der Waals surface area contributed by atoms with E-state index in [2.05, 4.69) is 36.7 Å². The molecule has 1 aliphatic rings. The SMILES string of the molecule is COC(=O)c1ccc2nc(-c3cccc4c3NCC(=O)N4)c(NC(C)(C)C)n2c1. The highest BCUT2D eigenvalue weighted by atomic mass is 16.5. The normalized spacial score (nSPS) is 13.4. The van der Waals surface area contributed by atoms with Gasteiger partial charge in [0.05, 0.1) is 30.6 Å². The molecule has 150 valence electrons. The molecule has 3 N–H and O–H groups in total. The molecule has 0 aliphatic carbocycles. The van der Waals surface area contributed by atoms with Gasteiger partial charge in [-0.25, -0.2) is 9.78 Å². The van der Waals surface area contributed by atoms with E-state index in [0.29, 0.717) is 16.9 Å². The summed E-state index contributed by atoms with van der Waals surface area (Å²) < 4.78 is 6.71. The molecule has 0 unspecified atom stereocenters. The van der Waals surface area contributed by atoms with Crippen LogP contribution in [-0.4, -0.2) is 40.5 Å². The molecule has 1 amide bonds. The zero-order valence-corrected chi connectivity index (χ0v) is 16.8. The van der Waals surface area contributed by atoms with Crippen LogP contribution in [0.25, 0.3) is 16.9 Å². The van der Waals surface area contributed by atoms with E-state index in [1.807, 2.05) is 22.6 Å². The van der Waals surface area contributed by atoms with Crippen LogP contribution < -0.4 is 16.0 Å². The summed E-state index contributed by atoms with van der Waals surface area (Å²) >= 11 is 0. The number of para-hydroxylation sites is 1. The highest BCUT2D eigenvalue weighted by Gasteiger charge is 2.25. The molecule has 0 spiro atoms. The lowest BCUT2D eigenvalue weighted by Crippen LogP contribution is -2.28. The number of rotatable bonds is 3. The maximum Gasteiger partial charge on any atom is 0.339 e. The molecule has 0 radical (unpaired) electrons. The van der Waals surface area contributed by atoms with Crippen molar-refractivity contribution in [2.45, 2.75) is 26.3 Å². The van der Waals surface area contributed by atoms with E-state index < -0.39 is 5.97 Å². The molecule has 0 atom stereocenters. The summed E-state index contributed by atoms with van der Waals surface area (Å²) in [5, 5.41) is 9.58. The number of nitrogens with one attached hydrogen (secondary N) is 3. The topological polar surface area (TPSA) is 96.8 Å². The number of esters is 1. The first-order chi connectivity index (χ1) is 13.8. The molecule has 1 aliphatic heterocycles. The van der Waals surface area contributed by atoms with Crippen LogP contribution >= 0.6 is 0 Å². The van der Waals surface area contributed by atoms with Crippen molar-refractivity contribution in [2.24, 2.45) is 0 Å². The lowest BCUT2D eigenvalue weighted by atomic mass is 10.0. The Hall–Kier alpha value is -3.55.